The molecule has 92 valence electrons. The largest absolute Gasteiger partial charge is 0.370 e. The van der Waals surface area contributed by atoms with E-state index in [0.717, 1.165) is 0 Å². The Balaban J connectivity index is 2.70. The van der Waals surface area contributed by atoms with Crippen LogP contribution in [0.3, 0.4) is 0 Å². The van der Waals surface area contributed by atoms with Crippen molar-refractivity contribution in [2.75, 3.05) is 12.0 Å². The van der Waals surface area contributed by atoms with Crippen molar-refractivity contribution in [1.29, 1.82) is 0 Å². The van der Waals surface area contributed by atoms with Gasteiger partial charge in [0.25, 0.3) is 5.91 Å². The summed E-state index contributed by atoms with van der Waals surface area (Å²) < 4.78 is 0. The molecule has 7 nitrogen and oxygen atoms in total. The summed E-state index contributed by atoms with van der Waals surface area (Å²) in [5.41, 5.74) is 7.27. The van der Waals surface area contributed by atoms with Gasteiger partial charge in [-0.2, -0.15) is 0 Å². The molecule has 0 aliphatic heterocycles. The van der Waals surface area contributed by atoms with E-state index in [-0.39, 0.29) is 23.7 Å². The van der Waals surface area contributed by atoms with Crippen LogP contribution in [0.25, 0.3) is 0 Å². The van der Waals surface area contributed by atoms with E-state index in [1.54, 1.807) is 0 Å². The van der Waals surface area contributed by atoms with Gasteiger partial charge in [0.05, 0.1) is 5.02 Å². The SMILES string of the molecule is NNc1ccc(Cl)c(C(=O)NCCC(N)=O)n1. The van der Waals surface area contributed by atoms with Crippen LogP contribution in [0.1, 0.15) is 16.9 Å². The van der Waals surface area contributed by atoms with E-state index in [2.05, 4.69) is 15.7 Å². The lowest BCUT2D eigenvalue weighted by atomic mass is 10.3. The van der Waals surface area contributed by atoms with Crippen LogP contribution in [0.2, 0.25) is 5.02 Å². The van der Waals surface area contributed by atoms with Crippen molar-refractivity contribution in [3.05, 3.63) is 22.8 Å². The maximum Gasteiger partial charge on any atom is 0.271 e. The van der Waals surface area contributed by atoms with Crippen LogP contribution in [-0.4, -0.2) is 23.3 Å². The number of halogens is 1. The number of nitrogens with two attached hydrogens (primary N) is 2. The van der Waals surface area contributed by atoms with E-state index in [1.807, 2.05) is 0 Å². The zero-order valence-corrected chi connectivity index (χ0v) is 9.62. The summed E-state index contributed by atoms with van der Waals surface area (Å²) in [7, 11) is 0. The molecule has 2 amide bonds. The third-order valence-corrected chi connectivity index (χ3v) is 2.17. The van der Waals surface area contributed by atoms with Gasteiger partial charge in [0.15, 0.2) is 0 Å². The van der Waals surface area contributed by atoms with E-state index < -0.39 is 11.8 Å². The van der Waals surface area contributed by atoms with Crippen molar-refractivity contribution < 1.29 is 9.59 Å². The van der Waals surface area contributed by atoms with Crippen LogP contribution in [0, 0.1) is 0 Å². The Morgan fingerprint density at radius 1 is 1.41 bits per heavy atom. The van der Waals surface area contributed by atoms with Gasteiger partial charge in [-0.05, 0) is 12.1 Å². The van der Waals surface area contributed by atoms with E-state index in [4.69, 9.17) is 23.2 Å². The summed E-state index contributed by atoms with van der Waals surface area (Å²) in [6, 6.07) is 3.02. The number of aromatic nitrogens is 1. The van der Waals surface area contributed by atoms with Gasteiger partial charge in [0.1, 0.15) is 11.5 Å². The minimum Gasteiger partial charge on any atom is -0.370 e. The van der Waals surface area contributed by atoms with Crippen LogP contribution >= 0.6 is 11.6 Å². The fraction of sp³-hybridized carbons (Fsp3) is 0.222. The number of carbonyl (C=O) groups is 2. The normalized spacial score (nSPS) is 9.76. The molecule has 1 heterocycles. The lowest BCUT2D eigenvalue weighted by molar-refractivity contribution is -0.117. The number of nitrogens with one attached hydrogen (secondary N) is 2. The maximum atomic E-state index is 11.6. The molecule has 1 rings (SSSR count). The zero-order valence-electron chi connectivity index (χ0n) is 8.87. The number of anilines is 1. The first-order valence-electron chi connectivity index (χ1n) is 4.74. The van der Waals surface area contributed by atoms with Gasteiger partial charge in [-0.3, -0.25) is 9.59 Å². The molecule has 0 unspecified atom stereocenters. The van der Waals surface area contributed by atoms with Gasteiger partial charge in [0.2, 0.25) is 5.91 Å². The van der Waals surface area contributed by atoms with Crippen molar-refractivity contribution in [2.45, 2.75) is 6.42 Å². The first-order valence-corrected chi connectivity index (χ1v) is 5.12. The Hall–Kier alpha value is -1.86. The van der Waals surface area contributed by atoms with Gasteiger partial charge < -0.3 is 16.5 Å². The number of carbonyl (C=O) groups excluding carboxylic acids is 2. The number of amides is 2. The summed E-state index contributed by atoms with van der Waals surface area (Å²) in [6.07, 6.45) is 0.0538. The molecule has 0 bridgehead atoms. The number of primary amides is 1. The highest BCUT2D eigenvalue weighted by molar-refractivity contribution is 6.33. The number of hydrogen-bond acceptors (Lipinski definition) is 5. The standard InChI is InChI=1S/C9H12ClN5O2/c10-5-1-2-7(15-12)14-8(5)9(17)13-4-3-6(11)16/h1-2H,3-4,12H2,(H2,11,16)(H,13,17)(H,14,15). The third kappa shape index (κ3) is 3.89. The Labute approximate surface area is 102 Å². The molecule has 17 heavy (non-hydrogen) atoms. The highest BCUT2D eigenvalue weighted by Crippen LogP contribution is 2.15. The molecule has 0 aliphatic rings. The van der Waals surface area contributed by atoms with E-state index in [9.17, 15) is 9.59 Å². The molecule has 0 spiro atoms. The van der Waals surface area contributed by atoms with Gasteiger partial charge in [-0.25, -0.2) is 10.8 Å². The molecular weight excluding hydrogens is 246 g/mol. The van der Waals surface area contributed by atoms with Crippen molar-refractivity contribution in [1.82, 2.24) is 10.3 Å². The molecule has 0 aliphatic carbocycles. The summed E-state index contributed by atoms with van der Waals surface area (Å²) in [4.78, 5) is 26.0. The molecule has 0 aromatic carbocycles. The van der Waals surface area contributed by atoms with Crippen molar-refractivity contribution in [3.63, 3.8) is 0 Å². The maximum absolute atomic E-state index is 11.6. The molecule has 6 N–H and O–H groups in total. The van der Waals surface area contributed by atoms with E-state index in [0.29, 0.717) is 5.82 Å². The van der Waals surface area contributed by atoms with Crippen LogP contribution in [0.5, 0.6) is 0 Å². The van der Waals surface area contributed by atoms with Crippen molar-refractivity contribution in [2.24, 2.45) is 11.6 Å². The van der Waals surface area contributed by atoms with Gasteiger partial charge >= 0.3 is 0 Å². The number of hydrazine groups is 1. The topological polar surface area (TPSA) is 123 Å². The molecule has 1 aromatic rings. The quantitative estimate of drug-likeness (QED) is 0.423. The molecule has 8 heteroatoms. The van der Waals surface area contributed by atoms with Gasteiger partial charge in [-0.1, -0.05) is 11.6 Å². The second-order valence-corrected chi connectivity index (χ2v) is 3.55. The number of nitrogen functional groups attached to an aromatic ring is 1. The molecule has 0 saturated heterocycles. The average molecular weight is 258 g/mol. The minimum absolute atomic E-state index is 0.0339. The first-order chi connectivity index (χ1) is 8.04. The van der Waals surface area contributed by atoms with Crippen LogP contribution in [0.4, 0.5) is 5.82 Å². The van der Waals surface area contributed by atoms with Gasteiger partial charge in [-0.15, -0.1) is 0 Å². The fourth-order valence-electron chi connectivity index (χ4n) is 1.06. The molecule has 1 aromatic heterocycles. The number of pyridine rings is 1. The Morgan fingerprint density at radius 2 is 2.12 bits per heavy atom. The van der Waals surface area contributed by atoms with Crippen LogP contribution in [-0.2, 0) is 4.79 Å². The summed E-state index contributed by atoms with van der Waals surface area (Å²) in [5, 5.41) is 2.66. The van der Waals surface area contributed by atoms with E-state index >= 15 is 0 Å². The van der Waals surface area contributed by atoms with Crippen molar-refractivity contribution in [3.8, 4) is 0 Å². The zero-order chi connectivity index (χ0) is 12.8. The Kier molecular flexibility index (Phi) is 4.68. The highest BCUT2D eigenvalue weighted by atomic mass is 35.5. The lowest BCUT2D eigenvalue weighted by Crippen LogP contribution is -2.29. The number of rotatable bonds is 5. The molecular formula is C9H12ClN5O2. The Bertz CT molecular complexity index is 437. The number of hydrogen-bond donors (Lipinski definition) is 4. The molecule has 0 atom stereocenters. The van der Waals surface area contributed by atoms with Gasteiger partial charge in [0, 0.05) is 13.0 Å². The Morgan fingerprint density at radius 3 is 2.71 bits per heavy atom. The average Bonchev–Trinajstić information content (AvgIpc) is 2.29. The molecule has 0 fully saturated rings. The predicted octanol–water partition coefficient (Wildman–Crippen LogP) is -0.374. The lowest BCUT2D eigenvalue weighted by Gasteiger charge is -2.06. The number of nitrogens with zero attached hydrogens (tertiary/aromatic N) is 1. The molecule has 0 radical (unpaired) electrons. The predicted molar refractivity (Wildman–Crippen MR) is 63.2 cm³/mol. The third-order valence-electron chi connectivity index (χ3n) is 1.87. The van der Waals surface area contributed by atoms with E-state index in [1.165, 1.54) is 12.1 Å². The minimum atomic E-state index is -0.498. The van der Waals surface area contributed by atoms with Crippen LogP contribution in [0.15, 0.2) is 12.1 Å². The smallest absolute Gasteiger partial charge is 0.271 e. The second-order valence-electron chi connectivity index (χ2n) is 3.14. The first kappa shape index (κ1) is 13.2. The summed E-state index contributed by atoms with van der Waals surface area (Å²) in [6.45, 7) is 0.131. The fourth-order valence-corrected chi connectivity index (χ4v) is 1.26. The van der Waals surface area contributed by atoms with Crippen LogP contribution < -0.4 is 22.3 Å². The summed E-state index contributed by atoms with van der Waals surface area (Å²) in [5.74, 6) is 4.48. The monoisotopic (exact) mass is 257 g/mol. The second kappa shape index (κ2) is 6.02. The molecule has 0 saturated carbocycles. The highest BCUT2D eigenvalue weighted by Gasteiger charge is 2.12. The van der Waals surface area contributed by atoms with Crippen molar-refractivity contribution >= 4 is 29.2 Å². The summed E-state index contributed by atoms with van der Waals surface area (Å²) >= 11 is 5.81.